The van der Waals surface area contributed by atoms with Gasteiger partial charge in [-0.15, -0.1) is 0 Å². The zero-order valence-electron chi connectivity index (χ0n) is 9.81. The summed E-state index contributed by atoms with van der Waals surface area (Å²) in [6, 6.07) is 1.94. The van der Waals surface area contributed by atoms with Crippen molar-refractivity contribution in [3.05, 3.63) is 18.1 Å². The molecule has 1 fully saturated rings. The molecule has 0 radical (unpaired) electrons. The summed E-state index contributed by atoms with van der Waals surface area (Å²) >= 11 is 0. The SMILES string of the molecule is Cc1cc(NCC2CN(C)CCO2)ncn1. The molecule has 0 amide bonds. The molecule has 5 heteroatoms. The average molecular weight is 222 g/mol. The number of anilines is 1. The summed E-state index contributed by atoms with van der Waals surface area (Å²) in [5.74, 6) is 0.865. The summed E-state index contributed by atoms with van der Waals surface area (Å²) in [4.78, 5) is 10.5. The highest BCUT2D eigenvalue weighted by molar-refractivity contribution is 5.34. The Bertz CT molecular complexity index is 345. The zero-order chi connectivity index (χ0) is 11.4. The second-order valence-electron chi connectivity index (χ2n) is 4.18. The first-order chi connectivity index (χ1) is 7.74. The molecule has 1 unspecified atom stereocenters. The van der Waals surface area contributed by atoms with Crippen LogP contribution in [0.4, 0.5) is 5.82 Å². The first-order valence-electron chi connectivity index (χ1n) is 5.57. The number of nitrogens with zero attached hydrogens (tertiary/aromatic N) is 3. The summed E-state index contributed by atoms with van der Waals surface area (Å²) in [5.41, 5.74) is 0.971. The van der Waals surface area contributed by atoms with E-state index in [2.05, 4.69) is 27.2 Å². The highest BCUT2D eigenvalue weighted by Crippen LogP contribution is 2.06. The number of rotatable bonds is 3. The maximum atomic E-state index is 5.65. The topological polar surface area (TPSA) is 50.3 Å². The highest BCUT2D eigenvalue weighted by atomic mass is 16.5. The maximum Gasteiger partial charge on any atom is 0.129 e. The van der Waals surface area contributed by atoms with E-state index in [1.165, 1.54) is 0 Å². The number of hydrogen-bond donors (Lipinski definition) is 1. The molecule has 1 N–H and O–H groups in total. The van der Waals surface area contributed by atoms with Gasteiger partial charge < -0.3 is 15.0 Å². The third-order valence-corrected chi connectivity index (χ3v) is 2.66. The predicted octanol–water partition coefficient (Wildman–Crippen LogP) is 0.528. The largest absolute Gasteiger partial charge is 0.374 e. The molecular weight excluding hydrogens is 204 g/mol. The van der Waals surface area contributed by atoms with Gasteiger partial charge in [0.25, 0.3) is 0 Å². The number of ether oxygens (including phenoxy) is 1. The number of aryl methyl sites for hydroxylation is 1. The molecular formula is C11H18N4O. The first-order valence-corrected chi connectivity index (χ1v) is 5.57. The number of likely N-dealkylation sites (N-methyl/N-ethyl adjacent to an activating group) is 1. The number of nitrogens with one attached hydrogen (secondary N) is 1. The van der Waals surface area contributed by atoms with Crippen molar-refractivity contribution in [2.24, 2.45) is 0 Å². The fourth-order valence-corrected chi connectivity index (χ4v) is 1.76. The second kappa shape index (κ2) is 5.23. The van der Waals surface area contributed by atoms with E-state index in [0.29, 0.717) is 0 Å². The fraction of sp³-hybridized carbons (Fsp3) is 0.636. The van der Waals surface area contributed by atoms with Crippen LogP contribution in [-0.2, 0) is 4.74 Å². The molecule has 0 bridgehead atoms. The Labute approximate surface area is 95.8 Å². The first kappa shape index (κ1) is 11.3. The van der Waals surface area contributed by atoms with Crippen LogP contribution in [0.3, 0.4) is 0 Å². The predicted molar refractivity (Wildman–Crippen MR) is 62.5 cm³/mol. The Balaban J connectivity index is 1.82. The van der Waals surface area contributed by atoms with E-state index in [1.807, 2.05) is 13.0 Å². The van der Waals surface area contributed by atoms with Gasteiger partial charge >= 0.3 is 0 Å². The summed E-state index contributed by atoms with van der Waals surface area (Å²) in [7, 11) is 2.12. The summed E-state index contributed by atoms with van der Waals surface area (Å²) in [6.07, 6.45) is 1.82. The van der Waals surface area contributed by atoms with Crippen molar-refractivity contribution in [1.29, 1.82) is 0 Å². The number of hydrogen-bond acceptors (Lipinski definition) is 5. The molecule has 2 rings (SSSR count). The van der Waals surface area contributed by atoms with E-state index in [-0.39, 0.29) is 6.10 Å². The molecule has 1 aromatic rings. The lowest BCUT2D eigenvalue weighted by Crippen LogP contribution is -2.43. The van der Waals surface area contributed by atoms with Gasteiger partial charge in [0.15, 0.2) is 0 Å². The van der Waals surface area contributed by atoms with Crippen LogP contribution >= 0.6 is 0 Å². The van der Waals surface area contributed by atoms with Crippen LogP contribution in [-0.4, -0.2) is 54.3 Å². The Morgan fingerprint density at radius 1 is 1.56 bits per heavy atom. The standard InChI is InChI=1S/C11H18N4O/c1-9-5-11(14-8-13-9)12-6-10-7-15(2)3-4-16-10/h5,8,10H,3-4,6-7H2,1-2H3,(H,12,13,14). The Kier molecular flexibility index (Phi) is 3.69. The van der Waals surface area contributed by atoms with Crippen molar-refractivity contribution in [3.63, 3.8) is 0 Å². The normalized spacial score (nSPS) is 22.0. The Morgan fingerprint density at radius 2 is 2.44 bits per heavy atom. The molecule has 1 atom stereocenters. The molecule has 0 spiro atoms. The fourth-order valence-electron chi connectivity index (χ4n) is 1.76. The summed E-state index contributed by atoms with van der Waals surface area (Å²) in [5, 5.41) is 3.27. The minimum Gasteiger partial charge on any atom is -0.374 e. The van der Waals surface area contributed by atoms with Gasteiger partial charge in [0.05, 0.1) is 12.7 Å². The van der Waals surface area contributed by atoms with E-state index in [0.717, 1.165) is 37.8 Å². The Hall–Kier alpha value is -1.20. The van der Waals surface area contributed by atoms with Gasteiger partial charge in [0, 0.05) is 31.4 Å². The summed E-state index contributed by atoms with van der Waals surface area (Å²) in [6.45, 7) is 5.55. The van der Waals surface area contributed by atoms with Crippen molar-refractivity contribution in [2.75, 3.05) is 38.6 Å². The van der Waals surface area contributed by atoms with E-state index >= 15 is 0 Å². The molecule has 1 aliphatic rings. The smallest absolute Gasteiger partial charge is 0.129 e. The van der Waals surface area contributed by atoms with E-state index < -0.39 is 0 Å². The van der Waals surface area contributed by atoms with Gasteiger partial charge in [0.2, 0.25) is 0 Å². The summed E-state index contributed by atoms with van der Waals surface area (Å²) < 4.78 is 5.65. The number of aromatic nitrogens is 2. The van der Waals surface area contributed by atoms with Crippen LogP contribution in [0, 0.1) is 6.92 Å². The van der Waals surface area contributed by atoms with Gasteiger partial charge in [-0.1, -0.05) is 0 Å². The quantitative estimate of drug-likeness (QED) is 0.808. The van der Waals surface area contributed by atoms with Crippen LogP contribution < -0.4 is 5.32 Å². The zero-order valence-corrected chi connectivity index (χ0v) is 9.81. The van der Waals surface area contributed by atoms with Crippen LogP contribution in [0.2, 0.25) is 0 Å². The van der Waals surface area contributed by atoms with Gasteiger partial charge in [-0.3, -0.25) is 0 Å². The van der Waals surface area contributed by atoms with Crippen LogP contribution in [0.15, 0.2) is 12.4 Å². The molecule has 0 aliphatic carbocycles. The van der Waals surface area contributed by atoms with Gasteiger partial charge in [0.1, 0.15) is 12.1 Å². The lowest BCUT2D eigenvalue weighted by molar-refractivity contribution is -0.0117. The van der Waals surface area contributed by atoms with Crippen LogP contribution in [0.5, 0.6) is 0 Å². The van der Waals surface area contributed by atoms with Crippen molar-refractivity contribution >= 4 is 5.82 Å². The van der Waals surface area contributed by atoms with Gasteiger partial charge in [-0.25, -0.2) is 9.97 Å². The molecule has 88 valence electrons. The molecule has 1 aliphatic heterocycles. The van der Waals surface area contributed by atoms with Crippen molar-refractivity contribution in [2.45, 2.75) is 13.0 Å². The molecule has 1 saturated heterocycles. The minimum atomic E-state index is 0.244. The third-order valence-electron chi connectivity index (χ3n) is 2.66. The average Bonchev–Trinajstić information content (AvgIpc) is 2.27. The Morgan fingerprint density at radius 3 is 3.19 bits per heavy atom. The van der Waals surface area contributed by atoms with Gasteiger partial charge in [-0.2, -0.15) is 0 Å². The maximum absolute atomic E-state index is 5.65. The molecule has 5 nitrogen and oxygen atoms in total. The highest BCUT2D eigenvalue weighted by Gasteiger charge is 2.17. The number of morpholine rings is 1. The van der Waals surface area contributed by atoms with Crippen molar-refractivity contribution < 1.29 is 4.74 Å². The van der Waals surface area contributed by atoms with Crippen LogP contribution in [0.1, 0.15) is 5.69 Å². The van der Waals surface area contributed by atoms with E-state index in [4.69, 9.17) is 4.74 Å². The minimum absolute atomic E-state index is 0.244. The second-order valence-corrected chi connectivity index (χ2v) is 4.18. The lowest BCUT2D eigenvalue weighted by atomic mass is 10.3. The van der Waals surface area contributed by atoms with E-state index in [9.17, 15) is 0 Å². The third kappa shape index (κ3) is 3.15. The van der Waals surface area contributed by atoms with E-state index in [1.54, 1.807) is 6.33 Å². The molecule has 2 heterocycles. The van der Waals surface area contributed by atoms with Crippen LogP contribution in [0.25, 0.3) is 0 Å². The monoisotopic (exact) mass is 222 g/mol. The molecule has 0 aromatic carbocycles. The molecule has 1 aromatic heterocycles. The molecule has 0 saturated carbocycles. The van der Waals surface area contributed by atoms with Gasteiger partial charge in [-0.05, 0) is 14.0 Å². The molecule has 16 heavy (non-hydrogen) atoms. The van der Waals surface area contributed by atoms with Crippen molar-refractivity contribution in [3.8, 4) is 0 Å². The lowest BCUT2D eigenvalue weighted by Gasteiger charge is -2.30. The van der Waals surface area contributed by atoms with Crippen molar-refractivity contribution in [1.82, 2.24) is 14.9 Å².